The van der Waals surface area contributed by atoms with Crippen LogP contribution < -0.4 is 0 Å². The molecule has 1 fully saturated rings. The lowest BCUT2D eigenvalue weighted by Crippen LogP contribution is -2.36. The summed E-state index contributed by atoms with van der Waals surface area (Å²) in [6.45, 7) is 1.50. The smallest absolute Gasteiger partial charge is 0.257 e. The Labute approximate surface area is 104 Å². The van der Waals surface area contributed by atoms with Gasteiger partial charge in [-0.25, -0.2) is 8.78 Å². The molecule has 0 atom stereocenters. The predicted octanol–water partition coefficient (Wildman–Crippen LogP) is 1.87. The molecule has 0 aliphatic heterocycles. The van der Waals surface area contributed by atoms with E-state index in [1.807, 2.05) is 0 Å². The third-order valence-corrected chi connectivity index (χ3v) is 3.07. The highest BCUT2D eigenvalue weighted by Gasteiger charge is 2.33. The van der Waals surface area contributed by atoms with Gasteiger partial charge in [-0.3, -0.25) is 4.79 Å². The fourth-order valence-corrected chi connectivity index (χ4v) is 1.92. The number of rotatable bonds is 4. The van der Waals surface area contributed by atoms with Crippen molar-refractivity contribution in [2.75, 3.05) is 13.2 Å². The number of hydrogen-bond acceptors (Lipinski definition) is 2. The minimum Gasteiger partial charge on any atom is -0.395 e. The summed E-state index contributed by atoms with van der Waals surface area (Å²) in [7, 11) is 0. The zero-order chi connectivity index (χ0) is 13.3. The number of nitrogens with zero attached hydrogens (tertiary/aromatic N) is 1. The number of benzene rings is 1. The molecule has 3 nitrogen and oxygen atoms in total. The highest BCUT2D eigenvalue weighted by atomic mass is 19.1. The van der Waals surface area contributed by atoms with Crippen LogP contribution in [0.5, 0.6) is 0 Å². The maximum absolute atomic E-state index is 13.6. The molecule has 0 spiro atoms. The van der Waals surface area contributed by atoms with Gasteiger partial charge < -0.3 is 10.0 Å². The van der Waals surface area contributed by atoms with Crippen molar-refractivity contribution in [1.82, 2.24) is 4.90 Å². The van der Waals surface area contributed by atoms with Gasteiger partial charge in [-0.05, 0) is 31.4 Å². The Bertz CT molecular complexity index is 472. The first-order valence-corrected chi connectivity index (χ1v) is 5.92. The molecule has 0 unspecified atom stereocenters. The second-order valence-corrected chi connectivity index (χ2v) is 4.53. The number of aliphatic hydroxyl groups is 1. The summed E-state index contributed by atoms with van der Waals surface area (Å²) in [6, 6.07) is 2.03. The third-order valence-electron chi connectivity index (χ3n) is 3.07. The largest absolute Gasteiger partial charge is 0.395 e. The highest BCUT2D eigenvalue weighted by molar-refractivity contribution is 5.95. The molecule has 2 rings (SSSR count). The van der Waals surface area contributed by atoms with E-state index in [0.29, 0.717) is 0 Å². The number of aliphatic hydroxyl groups excluding tert-OH is 1. The van der Waals surface area contributed by atoms with Crippen molar-refractivity contribution in [3.05, 3.63) is 34.9 Å². The summed E-state index contributed by atoms with van der Waals surface area (Å²) >= 11 is 0. The summed E-state index contributed by atoms with van der Waals surface area (Å²) in [5.41, 5.74) is 0.105. The maximum Gasteiger partial charge on any atom is 0.257 e. The fourth-order valence-electron chi connectivity index (χ4n) is 1.92. The molecular weight excluding hydrogens is 240 g/mol. The van der Waals surface area contributed by atoms with Crippen molar-refractivity contribution in [1.29, 1.82) is 0 Å². The molecule has 1 aliphatic carbocycles. The van der Waals surface area contributed by atoms with Gasteiger partial charge in [-0.1, -0.05) is 0 Å². The van der Waals surface area contributed by atoms with Crippen LogP contribution in [0.3, 0.4) is 0 Å². The van der Waals surface area contributed by atoms with Crippen molar-refractivity contribution in [3.63, 3.8) is 0 Å². The van der Waals surface area contributed by atoms with E-state index in [2.05, 4.69) is 0 Å². The quantitative estimate of drug-likeness (QED) is 0.892. The molecule has 1 aromatic carbocycles. The van der Waals surface area contributed by atoms with Gasteiger partial charge in [-0.2, -0.15) is 0 Å². The summed E-state index contributed by atoms with van der Waals surface area (Å²) in [5.74, 6) is -2.00. The fraction of sp³-hybridized carbons (Fsp3) is 0.462. The number of aryl methyl sites for hydroxylation is 1. The van der Waals surface area contributed by atoms with E-state index < -0.39 is 17.5 Å². The van der Waals surface area contributed by atoms with Crippen molar-refractivity contribution in [2.45, 2.75) is 25.8 Å². The van der Waals surface area contributed by atoms with Crippen LogP contribution in [0.25, 0.3) is 0 Å². The van der Waals surface area contributed by atoms with E-state index in [9.17, 15) is 13.6 Å². The van der Waals surface area contributed by atoms with E-state index in [-0.39, 0.29) is 30.3 Å². The SMILES string of the molecule is Cc1cc(C(=O)N(CCO)C2CC2)c(F)cc1F. The first kappa shape index (κ1) is 13.0. The highest BCUT2D eigenvalue weighted by Crippen LogP contribution is 2.28. The van der Waals surface area contributed by atoms with E-state index in [1.165, 1.54) is 17.9 Å². The molecular formula is C13H15F2NO2. The van der Waals surface area contributed by atoms with Gasteiger partial charge in [-0.15, -0.1) is 0 Å². The van der Waals surface area contributed by atoms with Crippen LogP contribution in [-0.4, -0.2) is 35.1 Å². The molecule has 98 valence electrons. The van der Waals surface area contributed by atoms with E-state index in [4.69, 9.17) is 5.11 Å². The van der Waals surface area contributed by atoms with Gasteiger partial charge in [0.25, 0.3) is 5.91 Å². The maximum atomic E-state index is 13.6. The Morgan fingerprint density at radius 2 is 2.06 bits per heavy atom. The van der Waals surface area contributed by atoms with E-state index in [0.717, 1.165) is 18.9 Å². The Morgan fingerprint density at radius 1 is 1.39 bits per heavy atom. The number of carbonyl (C=O) groups excluding carboxylic acids is 1. The van der Waals surface area contributed by atoms with Gasteiger partial charge in [0.05, 0.1) is 12.2 Å². The van der Waals surface area contributed by atoms with Crippen LogP contribution in [0.2, 0.25) is 0 Å². The normalized spacial score (nSPS) is 14.7. The van der Waals surface area contributed by atoms with Crippen LogP contribution in [0.1, 0.15) is 28.8 Å². The molecule has 0 aromatic heterocycles. The van der Waals surface area contributed by atoms with E-state index >= 15 is 0 Å². The lowest BCUT2D eigenvalue weighted by atomic mass is 10.1. The van der Waals surface area contributed by atoms with Crippen LogP contribution in [0.4, 0.5) is 8.78 Å². The van der Waals surface area contributed by atoms with Crippen LogP contribution in [0.15, 0.2) is 12.1 Å². The lowest BCUT2D eigenvalue weighted by molar-refractivity contribution is 0.0702. The van der Waals surface area contributed by atoms with Gasteiger partial charge in [0, 0.05) is 18.7 Å². The minimum absolute atomic E-state index is 0.0782. The third kappa shape index (κ3) is 2.51. The van der Waals surface area contributed by atoms with Crippen LogP contribution in [-0.2, 0) is 0 Å². The molecule has 0 bridgehead atoms. The van der Waals surface area contributed by atoms with Crippen LogP contribution in [0, 0.1) is 18.6 Å². The second-order valence-electron chi connectivity index (χ2n) is 4.53. The molecule has 1 amide bonds. The molecule has 18 heavy (non-hydrogen) atoms. The minimum atomic E-state index is -0.855. The molecule has 1 N–H and O–H groups in total. The zero-order valence-electron chi connectivity index (χ0n) is 10.1. The number of carbonyl (C=O) groups is 1. The molecule has 1 aromatic rings. The van der Waals surface area contributed by atoms with Gasteiger partial charge >= 0.3 is 0 Å². The number of hydrogen-bond donors (Lipinski definition) is 1. The molecule has 0 radical (unpaired) electrons. The van der Waals surface area contributed by atoms with Gasteiger partial charge in [0.15, 0.2) is 0 Å². The van der Waals surface area contributed by atoms with Crippen molar-refractivity contribution < 1.29 is 18.7 Å². The summed E-state index contributed by atoms with van der Waals surface area (Å²) in [4.78, 5) is 13.6. The summed E-state index contributed by atoms with van der Waals surface area (Å²) in [5, 5.41) is 8.93. The topological polar surface area (TPSA) is 40.5 Å². The first-order chi connectivity index (χ1) is 8.54. The van der Waals surface area contributed by atoms with Gasteiger partial charge in [0.2, 0.25) is 0 Å². The molecule has 1 aliphatic rings. The zero-order valence-corrected chi connectivity index (χ0v) is 10.1. The first-order valence-electron chi connectivity index (χ1n) is 5.92. The summed E-state index contributed by atoms with van der Waals surface area (Å²) < 4.78 is 26.8. The van der Waals surface area contributed by atoms with Crippen LogP contribution >= 0.6 is 0 Å². The van der Waals surface area contributed by atoms with Gasteiger partial charge in [0.1, 0.15) is 11.6 Å². The number of halogens is 2. The van der Waals surface area contributed by atoms with Crippen molar-refractivity contribution in [2.24, 2.45) is 0 Å². The second kappa shape index (κ2) is 5.02. The average molecular weight is 255 g/mol. The summed E-state index contributed by atoms with van der Waals surface area (Å²) in [6.07, 6.45) is 1.74. The standard InChI is InChI=1S/C13H15F2NO2/c1-8-6-10(12(15)7-11(8)14)13(18)16(4-5-17)9-2-3-9/h6-7,9,17H,2-5H2,1H3. The molecule has 0 heterocycles. The Kier molecular flexibility index (Phi) is 3.61. The van der Waals surface area contributed by atoms with E-state index in [1.54, 1.807) is 0 Å². The Balaban J connectivity index is 2.29. The van der Waals surface area contributed by atoms with Crippen molar-refractivity contribution in [3.8, 4) is 0 Å². The average Bonchev–Trinajstić information content (AvgIpc) is 3.14. The molecule has 0 saturated heterocycles. The lowest BCUT2D eigenvalue weighted by Gasteiger charge is -2.21. The number of amides is 1. The molecule has 1 saturated carbocycles. The Morgan fingerprint density at radius 3 is 2.61 bits per heavy atom. The molecule has 5 heteroatoms. The predicted molar refractivity (Wildman–Crippen MR) is 62.2 cm³/mol. The van der Waals surface area contributed by atoms with Crippen molar-refractivity contribution >= 4 is 5.91 Å². The monoisotopic (exact) mass is 255 g/mol. The Hall–Kier alpha value is -1.49.